The monoisotopic (exact) mass is 344 g/mol. The number of rotatable bonds is 4. The molecule has 1 atom stereocenters. The molecule has 1 heterocycles. The van der Waals surface area contributed by atoms with Crippen LogP contribution in [0, 0.1) is 0 Å². The van der Waals surface area contributed by atoms with Crippen molar-refractivity contribution in [3.63, 3.8) is 0 Å². The van der Waals surface area contributed by atoms with Gasteiger partial charge in [0.15, 0.2) is 0 Å². The topological polar surface area (TPSA) is 89.7 Å². The first-order valence-electron chi connectivity index (χ1n) is 7.13. The summed E-state index contributed by atoms with van der Waals surface area (Å²) < 4.78 is 4.86. The van der Waals surface area contributed by atoms with Crippen molar-refractivity contribution in [1.82, 2.24) is 4.90 Å². The van der Waals surface area contributed by atoms with Crippen LogP contribution in [-0.2, 0) is 4.74 Å². The third-order valence-electron chi connectivity index (χ3n) is 3.75. The number of nitrogens with zero attached hydrogens (tertiary/aromatic N) is 1. The molecule has 0 bridgehead atoms. The minimum Gasteiger partial charge on any atom is -0.447 e. The summed E-state index contributed by atoms with van der Waals surface area (Å²) in [5, 5.41) is 0.438. The Labute approximate surface area is 142 Å². The summed E-state index contributed by atoms with van der Waals surface area (Å²) in [5.41, 5.74) is 6.22. The van der Waals surface area contributed by atoms with Crippen LogP contribution in [0.3, 0.4) is 0 Å². The van der Waals surface area contributed by atoms with Gasteiger partial charge in [0, 0.05) is 5.02 Å². The van der Waals surface area contributed by atoms with Gasteiger partial charge in [0.05, 0.1) is 17.2 Å². The van der Waals surface area contributed by atoms with E-state index in [1.54, 1.807) is 48.5 Å². The van der Waals surface area contributed by atoms with Gasteiger partial charge >= 0.3 is 6.09 Å². The highest BCUT2D eigenvalue weighted by Gasteiger charge is 2.40. The normalized spacial score (nSPS) is 14.5. The molecule has 24 heavy (non-hydrogen) atoms. The van der Waals surface area contributed by atoms with Crippen LogP contribution in [0.1, 0.15) is 32.3 Å². The highest BCUT2D eigenvalue weighted by Crippen LogP contribution is 2.32. The molecule has 0 aliphatic carbocycles. The van der Waals surface area contributed by atoms with Crippen LogP contribution in [0.5, 0.6) is 0 Å². The SMILES string of the molecule is NC(=O)OC[C@H](c1cccc(Cl)c1)N1C(=O)c2ccccc2C1=O. The zero-order chi connectivity index (χ0) is 17.3. The Morgan fingerprint density at radius 1 is 1.08 bits per heavy atom. The Kier molecular flexibility index (Phi) is 4.22. The molecule has 122 valence electrons. The van der Waals surface area contributed by atoms with E-state index >= 15 is 0 Å². The Bertz CT molecular complexity index is 802. The van der Waals surface area contributed by atoms with Crippen molar-refractivity contribution in [2.75, 3.05) is 6.61 Å². The number of primary amides is 1. The summed E-state index contributed by atoms with van der Waals surface area (Å²) in [5.74, 6) is -0.901. The second kappa shape index (κ2) is 6.33. The number of carbonyl (C=O) groups is 3. The minimum atomic E-state index is -0.987. The third kappa shape index (κ3) is 2.83. The number of amides is 3. The molecule has 2 aromatic carbocycles. The predicted molar refractivity (Wildman–Crippen MR) is 86.7 cm³/mol. The van der Waals surface area contributed by atoms with Crippen LogP contribution < -0.4 is 5.73 Å². The third-order valence-corrected chi connectivity index (χ3v) is 3.99. The number of benzene rings is 2. The average molecular weight is 345 g/mol. The number of hydrogen-bond donors (Lipinski definition) is 1. The summed E-state index contributed by atoms with van der Waals surface area (Å²) in [4.78, 5) is 37.4. The molecule has 1 aliphatic rings. The van der Waals surface area contributed by atoms with Gasteiger partial charge in [0.2, 0.25) is 0 Å². The largest absolute Gasteiger partial charge is 0.447 e. The first-order chi connectivity index (χ1) is 11.5. The number of ether oxygens (including phenoxy) is 1. The van der Waals surface area contributed by atoms with Gasteiger partial charge in [0.1, 0.15) is 6.61 Å². The molecule has 7 heteroatoms. The van der Waals surface area contributed by atoms with Crippen LogP contribution >= 0.6 is 11.6 Å². The van der Waals surface area contributed by atoms with Crippen molar-refractivity contribution in [2.24, 2.45) is 5.73 Å². The van der Waals surface area contributed by atoms with E-state index < -0.39 is 23.9 Å². The Balaban J connectivity index is 2.02. The molecule has 3 amide bonds. The molecule has 0 saturated carbocycles. The fourth-order valence-corrected chi connectivity index (χ4v) is 2.88. The lowest BCUT2D eigenvalue weighted by Gasteiger charge is -2.26. The van der Waals surface area contributed by atoms with Crippen molar-refractivity contribution < 1.29 is 19.1 Å². The molecule has 0 fully saturated rings. The van der Waals surface area contributed by atoms with Gasteiger partial charge in [-0.2, -0.15) is 0 Å². The van der Waals surface area contributed by atoms with E-state index in [1.807, 2.05) is 0 Å². The van der Waals surface area contributed by atoms with Gasteiger partial charge in [-0.3, -0.25) is 14.5 Å². The van der Waals surface area contributed by atoms with Crippen molar-refractivity contribution in [3.8, 4) is 0 Å². The lowest BCUT2D eigenvalue weighted by Crippen LogP contribution is -2.37. The van der Waals surface area contributed by atoms with Gasteiger partial charge in [-0.15, -0.1) is 0 Å². The molecule has 0 unspecified atom stereocenters. The van der Waals surface area contributed by atoms with E-state index in [9.17, 15) is 14.4 Å². The second-order valence-corrected chi connectivity index (χ2v) is 5.66. The lowest BCUT2D eigenvalue weighted by molar-refractivity contribution is 0.0487. The second-order valence-electron chi connectivity index (χ2n) is 5.23. The van der Waals surface area contributed by atoms with E-state index in [-0.39, 0.29) is 6.61 Å². The number of hydrogen-bond acceptors (Lipinski definition) is 4. The number of fused-ring (bicyclic) bond motifs is 1. The van der Waals surface area contributed by atoms with Gasteiger partial charge in [0.25, 0.3) is 11.8 Å². The maximum Gasteiger partial charge on any atom is 0.404 e. The molecule has 3 rings (SSSR count). The summed E-state index contributed by atoms with van der Waals surface area (Å²) in [6.07, 6.45) is -0.987. The van der Waals surface area contributed by atoms with Crippen LogP contribution in [0.15, 0.2) is 48.5 Å². The number of imide groups is 1. The molecule has 2 N–H and O–H groups in total. The molecule has 6 nitrogen and oxygen atoms in total. The summed E-state index contributed by atoms with van der Waals surface area (Å²) in [7, 11) is 0. The maximum absolute atomic E-state index is 12.7. The number of carbonyl (C=O) groups excluding carboxylic acids is 3. The highest BCUT2D eigenvalue weighted by atomic mass is 35.5. The Hall–Kier alpha value is -2.86. The Morgan fingerprint density at radius 3 is 2.25 bits per heavy atom. The van der Waals surface area contributed by atoms with Crippen LogP contribution in [-0.4, -0.2) is 29.4 Å². The van der Waals surface area contributed by atoms with E-state index in [0.717, 1.165) is 4.90 Å². The van der Waals surface area contributed by atoms with Gasteiger partial charge in [-0.25, -0.2) is 4.79 Å². The average Bonchev–Trinajstić information content (AvgIpc) is 2.81. The van der Waals surface area contributed by atoms with E-state index in [4.69, 9.17) is 22.1 Å². The molecular weight excluding hydrogens is 332 g/mol. The van der Waals surface area contributed by atoms with Gasteiger partial charge in [-0.1, -0.05) is 35.9 Å². The van der Waals surface area contributed by atoms with Crippen LogP contribution in [0.2, 0.25) is 5.02 Å². The highest BCUT2D eigenvalue weighted by molar-refractivity contribution is 6.30. The standard InChI is InChI=1S/C17H13ClN2O4/c18-11-5-3-4-10(8-11)14(9-24-17(19)23)20-15(21)12-6-1-2-7-13(12)16(20)22/h1-8,14H,9H2,(H2,19,23)/t14-/m1/s1. The fraction of sp³-hybridized carbons (Fsp3) is 0.118. The summed E-state index contributed by atoms with van der Waals surface area (Å²) >= 11 is 6.00. The minimum absolute atomic E-state index is 0.249. The summed E-state index contributed by atoms with van der Waals surface area (Å²) in [6, 6.07) is 12.4. The smallest absolute Gasteiger partial charge is 0.404 e. The van der Waals surface area contributed by atoms with E-state index in [2.05, 4.69) is 0 Å². The lowest BCUT2D eigenvalue weighted by atomic mass is 10.1. The Morgan fingerprint density at radius 2 is 1.71 bits per heavy atom. The number of nitrogens with two attached hydrogens (primary N) is 1. The van der Waals surface area contributed by atoms with E-state index in [0.29, 0.717) is 21.7 Å². The molecule has 0 saturated heterocycles. The van der Waals surface area contributed by atoms with Gasteiger partial charge in [-0.05, 0) is 29.8 Å². The van der Waals surface area contributed by atoms with Crippen molar-refractivity contribution in [2.45, 2.75) is 6.04 Å². The fourth-order valence-electron chi connectivity index (χ4n) is 2.69. The summed E-state index contributed by atoms with van der Waals surface area (Å²) in [6.45, 7) is -0.249. The van der Waals surface area contributed by atoms with Crippen molar-refractivity contribution >= 4 is 29.5 Å². The van der Waals surface area contributed by atoms with Crippen molar-refractivity contribution in [1.29, 1.82) is 0 Å². The molecule has 0 aromatic heterocycles. The first-order valence-corrected chi connectivity index (χ1v) is 7.51. The van der Waals surface area contributed by atoms with Crippen LogP contribution in [0.4, 0.5) is 4.79 Å². The molecule has 1 aliphatic heterocycles. The molecule has 0 spiro atoms. The van der Waals surface area contributed by atoms with Crippen molar-refractivity contribution in [3.05, 3.63) is 70.2 Å². The zero-order valence-electron chi connectivity index (χ0n) is 12.4. The zero-order valence-corrected chi connectivity index (χ0v) is 13.2. The van der Waals surface area contributed by atoms with Gasteiger partial charge < -0.3 is 10.5 Å². The van der Waals surface area contributed by atoms with E-state index in [1.165, 1.54) is 0 Å². The molecule has 0 radical (unpaired) electrons. The quantitative estimate of drug-likeness (QED) is 0.863. The number of halogens is 1. The maximum atomic E-state index is 12.7. The molecular formula is C17H13ClN2O4. The predicted octanol–water partition coefficient (Wildman–Crippen LogP) is 2.77. The molecule has 2 aromatic rings. The van der Waals surface area contributed by atoms with Crippen LogP contribution in [0.25, 0.3) is 0 Å². The first kappa shape index (κ1) is 16.0.